The zero-order valence-corrected chi connectivity index (χ0v) is 13.9. The molecule has 1 aromatic rings. The molecule has 1 atom stereocenters. The fourth-order valence-electron chi connectivity index (χ4n) is 2.70. The fraction of sp³-hybridized carbons (Fsp3) is 0.812. The molecule has 0 radical (unpaired) electrons. The van der Waals surface area contributed by atoms with E-state index in [4.69, 9.17) is 10.6 Å². The molecule has 0 spiro atoms. The Kier molecular flexibility index (Phi) is 9.10. The molecule has 5 heteroatoms. The van der Waals surface area contributed by atoms with E-state index in [1.807, 2.05) is 4.68 Å². The molecule has 122 valence electrons. The topological polar surface area (TPSA) is 65.1 Å². The van der Waals surface area contributed by atoms with Crippen molar-refractivity contribution >= 4 is 0 Å². The second kappa shape index (κ2) is 10.6. The summed E-state index contributed by atoms with van der Waals surface area (Å²) >= 11 is 0. The van der Waals surface area contributed by atoms with Crippen LogP contribution >= 0.6 is 0 Å². The Balaban J connectivity index is 2.56. The molecule has 0 aliphatic carbocycles. The monoisotopic (exact) mass is 296 g/mol. The van der Waals surface area contributed by atoms with E-state index in [9.17, 15) is 0 Å². The third-order valence-electron chi connectivity index (χ3n) is 3.88. The van der Waals surface area contributed by atoms with Gasteiger partial charge in [0, 0.05) is 6.54 Å². The molecule has 0 saturated heterocycles. The number of aromatic nitrogens is 2. The van der Waals surface area contributed by atoms with Gasteiger partial charge >= 0.3 is 0 Å². The number of methoxy groups -OCH3 is 1. The number of aryl methyl sites for hydroxylation is 1. The summed E-state index contributed by atoms with van der Waals surface area (Å²) in [6, 6.07) is 0.111. The summed E-state index contributed by atoms with van der Waals surface area (Å²) < 4.78 is 7.45. The maximum Gasteiger partial charge on any atom is 0.161 e. The Morgan fingerprint density at radius 1 is 1.19 bits per heavy atom. The number of rotatable bonds is 12. The number of nitrogens with two attached hydrogens (primary N) is 1. The third kappa shape index (κ3) is 5.67. The first kappa shape index (κ1) is 18.0. The van der Waals surface area contributed by atoms with Gasteiger partial charge in [0.2, 0.25) is 0 Å². The maximum atomic E-state index is 5.77. The van der Waals surface area contributed by atoms with Crippen molar-refractivity contribution in [2.45, 2.75) is 77.8 Å². The van der Waals surface area contributed by atoms with Crippen molar-refractivity contribution in [2.24, 2.45) is 5.84 Å². The average molecular weight is 296 g/mol. The van der Waals surface area contributed by atoms with Gasteiger partial charge in [-0.05, 0) is 12.8 Å². The molecular formula is C16H32N4O. The minimum absolute atomic E-state index is 0.111. The molecule has 0 aliphatic rings. The molecule has 0 amide bonds. The minimum atomic E-state index is 0.111. The van der Waals surface area contributed by atoms with Gasteiger partial charge in [0.05, 0.1) is 25.0 Å². The highest BCUT2D eigenvalue weighted by molar-refractivity contribution is 5.28. The van der Waals surface area contributed by atoms with Crippen LogP contribution in [0.1, 0.15) is 76.9 Å². The number of unbranched alkanes of at least 4 members (excludes halogenated alkanes) is 5. The molecule has 21 heavy (non-hydrogen) atoms. The first-order chi connectivity index (χ1) is 10.3. The Morgan fingerprint density at radius 2 is 1.90 bits per heavy atom. The molecule has 0 bridgehead atoms. The fourth-order valence-corrected chi connectivity index (χ4v) is 2.70. The maximum absolute atomic E-state index is 5.77. The minimum Gasteiger partial charge on any atom is -0.493 e. The summed E-state index contributed by atoms with van der Waals surface area (Å²) in [5, 5.41) is 4.41. The first-order valence-electron chi connectivity index (χ1n) is 8.34. The molecule has 5 nitrogen and oxygen atoms in total. The van der Waals surface area contributed by atoms with Gasteiger partial charge in [0.25, 0.3) is 0 Å². The van der Waals surface area contributed by atoms with E-state index in [2.05, 4.69) is 24.4 Å². The summed E-state index contributed by atoms with van der Waals surface area (Å²) in [4.78, 5) is 0. The number of nitrogens with one attached hydrogen (secondary N) is 1. The zero-order chi connectivity index (χ0) is 15.5. The molecular weight excluding hydrogens is 264 g/mol. The summed E-state index contributed by atoms with van der Waals surface area (Å²) in [5.41, 5.74) is 4.02. The van der Waals surface area contributed by atoms with Gasteiger partial charge in [-0.1, -0.05) is 52.4 Å². The summed E-state index contributed by atoms with van der Waals surface area (Å²) in [7, 11) is 1.69. The van der Waals surface area contributed by atoms with Gasteiger partial charge in [-0.15, -0.1) is 0 Å². The summed E-state index contributed by atoms with van der Waals surface area (Å²) in [5.74, 6) is 6.60. The average Bonchev–Trinajstić information content (AvgIpc) is 2.90. The van der Waals surface area contributed by atoms with Gasteiger partial charge in [-0.2, -0.15) is 5.10 Å². The SMILES string of the molecule is CCCCCCCCC(NN)c1c(OC)cnn1CCC. The van der Waals surface area contributed by atoms with Crippen LogP contribution in [0.15, 0.2) is 6.20 Å². The Bertz CT molecular complexity index is 378. The van der Waals surface area contributed by atoms with Gasteiger partial charge < -0.3 is 4.74 Å². The molecule has 3 N–H and O–H groups in total. The van der Waals surface area contributed by atoms with Crippen LogP contribution < -0.4 is 16.0 Å². The predicted octanol–water partition coefficient (Wildman–Crippen LogP) is 3.56. The van der Waals surface area contributed by atoms with Gasteiger partial charge in [-0.25, -0.2) is 0 Å². The van der Waals surface area contributed by atoms with Gasteiger partial charge in [-0.3, -0.25) is 16.0 Å². The Labute approximate surface area is 129 Å². The third-order valence-corrected chi connectivity index (χ3v) is 3.88. The highest BCUT2D eigenvalue weighted by atomic mass is 16.5. The van der Waals surface area contributed by atoms with Crippen LogP contribution in [0.2, 0.25) is 0 Å². The molecule has 1 rings (SSSR count). The van der Waals surface area contributed by atoms with Gasteiger partial charge in [0.15, 0.2) is 5.75 Å². The predicted molar refractivity (Wildman–Crippen MR) is 87.1 cm³/mol. The van der Waals surface area contributed by atoms with Crippen LogP contribution in [0, 0.1) is 0 Å². The smallest absolute Gasteiger partial charge is 0.161 e. The summed E-state index contributed by atoms with van der Waals surface area (Å²) in [6.45, 7) is 5.29. The van der Waals surface area contributed by atoms with E-state index in [1.165, 1.54) is 38.5 Å². The van der Waals surface area contributed by atoms with Crippen LogP contribution in [0.4, 0.5) is 0 Å². The lowest BCUT2D eigenvalue weighted by atomic mass is 10.0. The number of hydrogen-bond donors (Lipinski definition) is 2. The molecule has 0 aliphatic heterocycles. The second-order valence-corrected chi connectivity index (χ2v) is 5.60. The molecule has 0 fully saturated rings. The van der Waals surface area contributed by atoms with Crippen molar-refractivity contribution in [1.82, 2.24) is 15.2 Å². The van der Waals surface area contributed by atoms with Crippen molar-refractivity contribution in [1.29, 1.82) is 0 Å². The lowest BCUT2D eigenvalue weighted by Crippen LogP contribution is -2.30. The van der Waals surface area contributed by atoms with Crippen molar-refractivity contribution in [2.75, 3.05) is 7.11 Å². The standard InChI is InChI=1S/C16H32N4O/c1-4-6-7-8-9-10-11-14(19-17)16-15(21-3)13-18-20(16)12-5-2/h13-14,19H,4-12,17H2,1-3H3. The van der Waals surface area contributed by atoms with Crippen molar-refractivity contribution in [3.8, 4) is 5.75 Å². The highest BCUT2D eigenvalue weighted by Gasteiger charge is 2.20. The first-order valence-corrected chi connectivity index (χ1v) is 8.34. The van der Waals surface area contributed by atoms with Crippen molar-refractivity contribution in [3.05, 3.63) is 11.9 Å². The van der Waals surface area contributed by atoms with Gasteiger partial charge in [0.1, 0.15) is 0 Å². The van der Waals surface area contributed by atoms with Crippen LogP contribution in [-0.2, 0) is 6.54 Å². The van der Waals surface area contributed by atoms with Crippen LogP contribution in [0.5, 0.6) is 5.75 Å². The lowest BCUT2D eigenvalue weighted by Gasteiger charge is -2.19. The largest absolute Gasteiger partial charge is 0.493 e. The van der Waals surface area contributed by atoms with E-state index in [0.717, 1.165) is 30.8 Å². The highest BCUT2D eigenvalue weighted by Crippen LogP contribution is 2.28. The van der Waals surface area contributed by atoms with Crippen molar-refractivity contribution < 1.29 is 4.74 Å². The van der Waals surface area contributed by atoms with E-state index in [-0.39, 0.29) is 6.04 Å². The van der Waals surface area contributed by atoms with Crippen molar-refractivity contribution in [3.63, 3.8) is 0 Å². The molecule has 1 aromatic heterocycles. The summed E-state index contributed by atoms with van der Waals surface area (Å²) in [6.07, 6.45) is 11.6. The molecule has 1 heterocycles. The Morgan fingerprint density at radius 3 is 2.52 bits per heavy atom. The molecule has 1 unspecified atom stereocenters. The number of hydrogen-bond acceptors (Lipinski definition) is 4. The molecule has 0 saturated carbocycles. The van der Waals surface area contributed by atoms with E-state index in [1.54, 1.807) is 13.3 Å². The van der Waals surface area contributed by atoms with Crippen LogP contribution in [0.25, 0.3) is 0 Å². The van der Waals surface area contributed by atoms with E-state index < -0.39 is 0 Å². The molecule has 0 aromatic carbocycles. The van der Waals surface area contributed by atoms with E-state index >= 15 is 0 Å². The second-order valence-electron chi connectivity index (χ2n) is 5.60. The Hall–Kier alpha value is -1.07. The number of nitrogens with zero attached hydrogens (tertiary/aromatic N) is 2. The quantitative estimate of drug-likeness (QED) is 0.352. The van der Waals surface area contributed by atoms with Crippen LogP contribution in [-0.4, -0.2) is 16.9 Å². The van der Waals surface area contributed by atoms with Crippen LogP contribution in [0.3, 0.4) is 0 Å². The number of hydrazine groups is 1. The number of ether oxygens (including phenoxy) is 1. The lowest BCUT2D eigenvalue weighted by molar-refractivity contribution is 0.380. The van der Waals surface area contributed by atoms with E-state index in [0.29, 0.717) is 0 Å². The normalized spacial score (nSPS) is 12.6. The zero-order valence-electron chi connectivity index (χ0n) is 13.9.